The van der Waals surface area contributed by atoms with Gasteiger partial charge in [0, 0.05) is 62.1 Å². The second kappa shape index (κ2) is 13.1. The first-order valence-electron chi connectivity index (χ1n) is 14.2. The number of likely N-dealkylation sites (tertiary alicyclic amines) is 1. The largest absolute Gasteiger partial charge is 0.466 e. The number of hydrogen-bond donors (Lipinski definition) is 0. The monoisotopic (exact) mass is 553 g/mol. The number of benzene rings is 1. The second-order valence-corrected chi connectivity index (χ2v) is 12.3. The maximum atomic E-state index is 13.1. The highest BCUT2D eigenvalue weighted by Gasteiger charge is 2.30. The number of likely N-dealkylation sites (N-methyl/N-ethyl adjacent to an activating group) is 1. The van der Waals surface area contributed by atoms with Gasteiger partial charge < -0.3 is 19.4 Å². The summed E-state index contributed by atoms with van der Waals surface area (Å²) in [4.78, 5) is 41.8. The average molecular weight is 554 g/mol. The van der Waals surface area contributed by atoms with Crippen molar-refractivity contribution in [2.24, 2.45) is 5.92 Å². The van der Waals surface area contributed by atoms with Gasteiger partial charge in [-0.15, -0.1) is 0 Å². The molecule has 1 aromatic heterocycles. The lowest BCUT2D eigenvalue weighted by Gasteiger charge is -2.35. The topological polar surface area (TPSA) is 78.9 Å². The van der Waals surface area contributed by atoms with Gasteiger partial charge in [-0.25, -0.2) is 9.97 Å². The minimum atomic E-state index is -0.234. The lowest BCUT2D eigenvalue weighted by atomic mass is 9.92. The molecule has 1 amide bonds. The Labute approximate surface area is 237 Å². The van der Waals surface area contributed by atoms with Gasteiger partial charge in [0.15, 0.2) is 5.16 Å². The fraction of sp³-hybridized carbons (Fsp3) is 0.600. The van der Waals surface area contributed by atoms with E-state index in [4.69, 9.17) is 14.7 Å². The van der Waals surface area contributed by atoms with Crippen molar-refractivity contribution < 1.29 is 14.3 Å². The quantitative estimate of drug-likeness (QED) is 0.266. The molecule has 1 atom stereocenters. The van der Waals surface area contributed by atoms with Gasteiger partial charge >= 0.3 is 5.97 Å². The summed E-state index contributed by atoms with van der Waals surface area (Å²) < 4.78 is 5.18. The van der Waals surface area contributed by atoms with Crippen molar-refractivity contribution in [1.29, 1.82) is 0 Å². The van der Waals surface area contributed by atoms with E-state index in [0.29, 0.717) is 25.3 Å². The van der Waals surface area contributed by atoms with Crippen LogP contribution in [0.4, 0.5) is 5.82 Å². The number of thioether (sulfide) groups is 1. The number of aromatic nitrogens is 2. The minimum Gasteiger partial charge on any atom is -0.466 e. The molecule has 212 valence electrons. The number of hydrogen-bond acceptors (Lipinski definition) is 8. The molecule has 3 heterocycles. The first-order chi connectivity index (χ1) is 18.7. The van der Waals surface area contributed by atoms with Gasteiger partial charge in [-0.2, -0.15) is 0 Å². The Morgan fingerprint density at radius 3 is 2.38 bits per heavy atom. The zero-order chi connectivity index (χ0) is 28.0. The molecule has 0 aliphatic carbocycles. The molecule has 9 heteroatoms. The Kier molecular flexibility index (Phi) is 9.88. The number of rotatable bonds is 8. The number of piperidine rings is 1. The van der Waals surface area contributed by atoms with Crippen LogP contribution in [0.1, 0.15) is 69.1 Å². The van der Waals surface area contributed by atoms with Gasteiger partial charge in [0.25, 0.3) is 5.91 Å². The predicted molar refractivity (Wildman–Crippen MR) is 156 cm³/mol. The normalized spacial score (nSPS) is 18.7. The number of nitrogens with zero attached hydrogens (tertiary/aromatic N) is 5. The molecule has 0 saturated carbocycles. The lowest BCUT2D eigenvalue weighted by Crippen LogP contribution is -2.46. The van der Waals surface area contributed by atoms with Crippen molar-refractivity contribution in [2.75, 3.05) is 57.3 Å². The van der Waals surface area contributed by atoms with Gasteiger partial charge in [-0.05, 0) is 44.0 Å². The van der Waals surface area contributed by atoms with E-state index < -0.39 is 0 Å². The fourth-order valence-electron chi connectivity index (χ4n) is 5.00. The van der Waals surface area contributed by atoms with Crippen molar-refractivity contribution >= 4 is 29.5 Å². The Balaban J connectivity index is 1.40. The summed E-state index contributed by atoms with van der Waals surface area (Å²) >= 11 is 1.63. The molecule has 2 aliphatic heterocycles. The van der Waals surface area contributed by atoms with Crippen molar-refractivity contribution in [3.8, 4) is 0 Å². The Bertz CT molecular complexity index is 1130. The zero-order valence-electron chi connectivity index (χ0n) is 24.1. The fourth-order valence-corrected chi connectivity index (χ4v) is 5.81. The molecule has 2 saturated heterocycles. The van der Waals surface area contributed by atoms with Crippen molar-refractivity contribution in [3.05, 3.63) is 47.2 Å². The summed E-state index contributed by atoms with van der Waals surface area (Å²) in [7, 11) is 0. The Hall–Kier alpha value is -2.65. The summed E-state index contributed by atoms with van der Waals surface area (Å²) in [5, 5.41) is 0.786. The summed E-state index contributed by atoms with van der Waals surface area (Å²) in [6, 6.07) is 9.94. The standard InChI is InChI=1S/C30H43N5O3S/c1-6-33-15-17-34(18-16-33)26-19-25(30(3,4)5)31-29(32-26)39-21-22-10-12-23(13-11-22)27(36)35-14-8-9-24(20-35)28(37)38-7-2/h10-13,19,24H,6-9,14-18,20-21H2,1-5H3. The van der Waals surface area contributed by atoms with Crippen LogP contribution in [-0.2, 0) is 20.7 Å². The third kappa shape index (κ3) is 7.72. The van der Waals surface area contributed by atoms with Crippen LogP contribution in [0.2, 0.25) is 0 Å². The van der Waals surface area contributed by atoms with Crippen molar-refractivity contribution in [1.82, 2.24) is 19.8 Å². The molecule has 1 aromatic carbocycles. The molecule has 2 aromatic rings. The molecule has 4 rings (SSSR count). The summed E-state index contributed by atoms with van der Waals surface area (Å²) in [5.41, 5.74) is 2.74. The molecule has 39 heavy (non-hydrogen) atoms. The van der Waals surface area contributed by atoms with Crippen LogP contribution >= 0.6 is 11.8 Å². The van der Waals surface area contributed by atoms with Crippen LogP contribution in [0.25, 0.3) is 0 Å². The smallest absolute Gasteiger partial charge is 0.310 e. The lowest BCUT2D eigenvalue weighted by molar-refractivity contribution is -0.149. The molecule has 8 nitrogen and oxygen atoms in total. The number of carbonyl (C=O) groups is 2. The van der Waals surface area contributed by atoms with E-state index in [1.807, 2.05) is 31.2 Å². The molecule has 0 radical (unpaired) electrons. The maximum absolute atomic E-state index is 13.1. The van der Waals surface area contributed by atoms with Crippen LogP contribution < -0.4 is 4.90 Å². The maximum Gasteiger partial charge on any atom is 0.310 e. The van der Waals surface area contributed by atoms with E-state index in [2.05, 4.69) is 43.6 Å². The highest BCUT2D eigenvalue weighted by Crippen LogP contribution is 2.29. The van der Waals surface area contributed by atoms with E-state index >= 15 is 0 Å². The van der Waals surface area contributed by atoms with E-state index in [-0.39, 0.29) is 23.2 Å². The SMILES string of the molecule is CCOC(=O)C1CCCN(C(=O)c2ccc(CSc3nc(N4CCN(CC)CC4)cc(C(C)(C)C)n3)cc2)C1. The molecular formula is C30H43N5O3S. The number of anilines is 1. The summed E-state index contributed by atoms with van der Waals surface area (Å²) in [5.74, 6) is 1.27. The molecule has 0 N–H and O–H groups in total. The van der Waals surface area contributed by atoms with Crippen molar-refractivity contribution in [3.63, 3.8) is 0 Å². The van der Waals surface area contributed by atoms with Gasteiger partial charge in [0.05, 0.1) is 18.2 Å². The first kappa shape index (κ1) is 29.3. The van der Waals surface area contributed by atoms with E-state index in [1.54, 1.807) is 16.7 Å². The van der Waals surface area contributed by atoms with Crippen LogP contribution in [0.5, 0.6) is 0 Å². The van der Waals surface area contributed by atoms with Gasteiger partial charge in [0.2, 0.25) is 0 Å². The minimum absolute atomic E-state index is 0.0303. The molecule has 2 aliphatic rings. The van der Waals surface area contributed by atoms with Crippen molar-refractivity contribution in [2.45, 2.75) is 63.8 Å². The summed E-state index contributed by atoms with van der Waals surface area (Å²) in [6.07, 6.45) is 1.59. The third-order valence-corrected chi connectivity index (χ3v) is 8.42. The highest BCUT2D eigenvalue weighted by atomic mass is 32.2. The Morgan fingerprint density at radius 1 is 1.03 bits per heavy atom. The highest BCUT2D eigenvalue weighted by molar-refractivity contribution is 7.98. The second-order valence-electron chi connectivity index (χ2n) is 11.4. The number of piperazine rings is 1. The van der Waals surface area contributed by atoms with Crippen LogP contribution in [0.3, 0.4) is 0 Å². The van der Waals surface area contributed by atoms with E-state index in [0.717, 1.165) is 73.5 Å². The molecule has 2 fully saturated rings. The summed E-state index contributed by atoms with van der Waals surface area (Å²) in [6.45, 7) is 17.2. The molecule has 1 unspecified atom stereocenters. The molecule has 0 bridgehead atoms. The van der Waals surface area contributed by atoms with Crippen LogP contribution in [0, 0.1) is 5.92 Å². The third-order valence-electron chi connectivity index (χ3n) is 7.50. The molecule has 0 spiro atoms. The first-order valence-corrected chi connectivity index (χ1v) is 15.2. The average Bonchev–Trinajstić information content (AvgIpc) is 2.95. The van der Waals surface area contributed by atoms with Gasteiger partial charge in [-0.1, -0.05) is 51.6 Å². The Morgan fingerprint density at radius 2 is 1.74 bits per heavy atom. The number of carbonyl (C=O) groups excluding carboxylic acids is 2. The van der Waals surface area contributed by atoms with Gasteiger partial charge in [0.1, 0.15) is 5.82 Å². The molecular weight excluding hydrogens is 510 g/mol. The number of amides is 1. The number of esters is 1. The zero-order valence-corrected chi connectivity index (χ0v) is 24.9. The number of ether oxygens (including phenoxy) is 1. The van der Waals surface area contributed by atoms with E-state index in [9.17, 15) is 9.59 Å². The predicted octanol–water partition coefficient (Wildman–Crippen LogP) is 4.62. The van der Waals surface area contributed by atoms with E-state index in [1.165, 1.54) is 0 Å². The van der Waals surface area contributed by atoms with Crippen LogP contribution in [0.15, 0.2) is 35.5 Å². The van der Waals surface area contributed by atoms with Crippen LogP contribution in [-0.4, -0.2) is 84.1 Å². The van der Waals surface area contributed by atoms with Gasteiger partial charge in [-0.3, -0.25) is 9.59 Å².